The highest BCUT2D eigenvalue weighted by atomic mass is 79.9. The van der Waals surface area contributed by atoms with Gasteiger partial charge in [-0.15, -0.1) is 11.3 Å². The van der Waals surface area contributed by atoms with E-state index in [-0.39, 0.29) is 10.3 Å². The van der Waals surface area contributed by atoms with Gasteiger partial charge in [0, 0.05) is 20.2 Å². The van der Waals surface area contributed by atoms with Crippen molar-refractivity contribution >= 4 is 48.9 Å². The van der Waals surface area contributed by atoms with E-state index in [0.29, 0.717) is 15.4 Å². The van der Waals surface area contributed by atoms with Crippen molar-refractivity contribution in [1.29, 1.82) is 0 Å². The monoisotopic (exact) mass is 387 g/mol. The molecule has 2 rings (SSSR count). The summed E-state index contributed by atoms with van der Waals surface area (Å²) in [6.07, 6.45) is 3.05. The highest BCUT2D eigenvalue weighted by Gasteiger charge is 2.27. The molecule has 0 saturated carbocycles. The number of ether oxygens (including phenoxy) is 1. The minimum Gasteiger partial charge on any atom is -0.377 e. The summed E-state index contributed by atoms with van der Waals surface area (Å²) in [6.45, 7) is 1.10. The molecule has 0 aliphatic carbocycles. The second kappa shape index (κ2) is 6.41. The van der Waals surface area contributed by atoms with E-state index in [2.05, 4.69) is 15.9 Å². The second-order valence-corrected chi connectivity index (χ2v) is 9.51. The Hall–Kier alpha value is 0.340. The first kappa shape index (κ1) is 15.7. The van der Waals surface area contributed by atoms with E-state index in [1.54, 1.807) is 7.05 Å². The molecule has 1 aromatic rings. The van der Waals surface area contributed by atoms with Gasteiger partial charge in [-0.3, -0.25) is 0 Å². The molecule has 1 atom stereocenters. The molecule has 1 aliphatic heterocycles. The normalized spacial score (nSPS) is 20.9. The fourth-order valence-corrected chi connectivity index (χ4v) is 5.76. The minimum atomic E-state index is -3.48. The number of thiophene rings is 1. The molecule has 0 amide bonds. The van der Waals surface area contributed by atoms with Crippen LogP contribution in [-0.2, 0) is 14.8 Å². The van der Waals surface area contributed by atoms with Crippen LogP contribution in [0.1, 0.15) is 19.3 Å². The first-order valence-electron chi connectivity index (χ1n) is 5.94. The summed E-state index contributed by atoms with van der Waals surface area (Å²) in [5, 5.41) is 0.422. The molecule has 0 bridgehead atoms. The first-order chi connectivity index (χ1) is 8.91. The highest BCUT2D eigenvalue weighted by Crippen LogP contribution is 2.35. The van der Waals surface area contributed by atoms with Gasteiger partial charge in [0.1, 0.15) is 4.21 Å². The molecule has 108 valence electrons. The highest BCUT2D eigenvalue weighted by molar-refractivity contribution is 9.11. The zero-order chi connectivity index (χ0) is 14.0. The zero-order valence-corrected chi connectivity index (χ0v) is 14.4. The van der Waals surface area contributed by atoms with Crippen molar-refractivity contribution in [3.05, 3.63) is 14.9 Å². The van der Waals surface area contributed by atoms with Gasteiger partial charge in [-0.05, 0) is 41.3 Å². The molecule has 1 fully saturated rings. The number of rotatable bonds is 4. The third kappa shape index (κ3) is 3.71. The lowest BCUT2D eigenvalue weighted by Crippen LogP contribution is -2.36. The van der Waals surface area contributed by atoms with Crippen LogP contribution in [0.2, 0.25) is 5.02 Å². The standard InChI is InChI=1S/C11H15BrClNO3S2/c1-14(7-8-4-2-3-5-17-8)19(15,16)10-6-9(13)11(12)18-10/h6,8H,2-5,7H2,1H3. The number of halogens is 2. The van der Waals surface area contributed by atoms with Crippen molar-refractivity contribution in [1.82, 2.24) is 4.31 Å². The van der Waals surface area contributed by atoms with Crippen LogP contribution in [-0.4, -0.2) is 39.0 Å². The topological polar surface area (TPSA) is 46.6 Å². The van der Waals surface area contributed by atoms with Gasteiger partial charge in [0.05, 0.1) is 14.9 Å². The fraction of sp³-hybridized carbons (Fsp3) is 0.636. The van der Waals surface area contributed by atoms with Crippen LogP contribution >= 0.6 is 38.9 Å². The minimum absolute atomic E-state index is 0.00704. The van der Waals surface area contributed by atoms with Crippen molar-refractivity contribution < 1.29 is 13.2 Å². The van der Waals surface area contributed by atoms with E-state index < -0.39 is 10.0 Å². The van der Waals surface area contributed by atoms with Crippen molar-refractivity contribution in [2.45, 2.75) is 29.6 Å². The molecule has 0 spiro atoms. The molecule has 0 radical (unpaired) electrons. The predicted molar refractivity (Wildman–Crippen MR) is 80.4 cm³/mol. The smallest absolute Gasteiger partial charge is 0.252 e. The van der Waals surface area contributed by atoms with Gasteiger partial charge < -0.3 is 4.74 Å². The largest absolute Gasteiger partial charge is 0.377 e. The van der Waals surface area contributed by atoms with Gasteiger partial charge in [0.25, 0.3) is 10.0 Å². The Morgan fingerprint density at radius 1 is 1.58 bits per heavy atom. The van der Waals surface area contributed by atoms with Gasteiger partial charge in [-0.2, -0.15) is 4.31 Å². The Bertz CT molecular complexity index is 521. The number of sulfonamides is 1. The lowest BCUT2D eigenvalue weighted by atomic mass is 10.1. The maximum Gasteiger partial charge on any atom is 0.252 e. The van der Waals surface area contributed by atoms with Crippen LogP contribution in [0.4, 0.5) is 0 Å². The third-order valence-electron chi connectivity index (χ3n) is 3.02. The van der Waals surface area contributed by atoms with E-state index in [4.69, 9.17) is 16.3 Å². The van der Waals surface area contributed by atoms with E-state index in [9.17, 15) is 8.42 Å². The number of likely N-dealkylation sites (N-methyl/N-ethyl adjacent to an activating group) is 1. The number of hydrogen-bond acceptors (Lipinski definition) is 4. The maximum atomic E-state index is 12.4. The number of nitrogens with zero attached hydrogens (tertiary/aromatic N) is 1. The predicted octanol–water partition coefficient (Wildman–Crippen LogP) is 3.35. The van der Waals surface area contributed by atoms with E-state index in [0.717, 1.165) is 37.2 Å². The van der Waals surface area contributed by atoms with Crippen LogP contribution in [0, 0.1) is 0 Å². The second-order valence-electron chi connectivity index (χ2n) is 4.46. The lowest BCUT2D eigenvalue weighted by Gasteiger charge is -2.26. The van der Waals surface area contributed by atoms with Crippen molar-refractivity contribution in [2.24, 2.45) is 0 Å². The van der Waals surface area contributed by atoms with Gasteiger partial charge in [-0.1, -0.05) is 11.6 Å². The van der Waals surface area contributed by atoms with E-state index in [1.165, 1.54) is 10.4 Å². The van der Waals surface area contributed by atoms with Crippen molar-refractivity contribution in [2.75, 3.05) is 20.2 Å². The third-order valence-corrected chi connectivity index (χ3v) is 7.77. The SMILES string of the molecule is CN(CC1CCCCO1)S(=O)(=O)c1cc(Cl)c(Br)s1. The number of hydrogen-bond donors (Lipinski definition) is 0. The fourth-order valence-electron chi connectivity index (χ4n) is 1.94. The van der Waals surface area contributed by atoms with Crippen LogP contribution in [0.3, 0.4) is 0 Å². The Labute approximate surface area is 130 Å². The molecule has 4 nitrogen and oxygen atoms in total. The van der Waals surface area contributed by atoms with Crippen molar-refractivity contribution in [3.8, 4) is 0 Å². The molecular weight excluding hydrogens is 374 g/mol. The average molecular weight is 389 g/mol. The van der Waals surface area contributed by atoms with Crippen LogP contribution < -0.4 is 0 Å². The summed E-state index contributed by atoms with van der Waals surface area (Å²) >= 11 is 10.2. The van der Waals surface area contributed by atoms with Gasteiger partial charge in [-0.25, -0.2) is 8.42 Å². The van der Waals surface area contributed by atoms with Gasteiger partial charge in [0.2, 0.25) is 0 Å². The van der Waals surface area contributed by atoms with Crippen LogP contribution in [0.25, 0.3) is 0 Å². The molecular formula is C11H15BrClNO3S2. The average Bonchev–Trinajstić information content (AvgIpc) is 2.71. The molecule has 0 N–H and O–H groups in total. The molecule has 0 aromatic carbocycles. The molecule has 1 unspecified atom stereocenters. The molecule has 1 aromatic heterocycles. The van der Waals surface area contributed by atoms with Gasteiger partial charge >= 0.3 is 0 Å². The summed E-state index contributed by atoms with van der Waals surface area (Å²) in [4.78, 5) is 0. The summed E-state index contributed by atoms with van der Waals surface area (Å²) < 4.78 is 32.5. The first-order valence-corrected chi connectivity index (χ1v) is 9.37. The molecule has 8 heteroatoms. The summed E-state index contributed by atoms with van der Waals surface area (Å²) in [5.74, 6) is 0. The summed E-state index contributed by atoms with van der Waals surface area (Å²) in [5.41, 5.74) is 0. The Morgan fingerprint density at radius 3 is 2.84 bits per heavy atom. The molecule has 1 aliphatic rings. The molecule has 19 heavy (non-hydrogen) atoms. The molecule has 2 heterocycles. The van der Waals surface area contributed by atoms with E-state index in [1.807, 2.05) is 0 Å². The summed E-state index contributed by atoms with van der Waals surface area (Å²) in [6, 6.07) is 1.48. The Balaban J connectivity index is 2.10. The van der Waals surface area contributed by atoms with Crippen LogP contribution in [0.15, 0.2) is 14.1 Å². The quantitative estimate of drug-likeness (QED) is 0.794. The lowest BCUT2D eigenvalue weighted by molar-refractivity contribution is 0.00860. The maximum absolute atomic E-state index is 12.4. The molecule has 1 saturated heterocycles. The Kier molecular flexibility index (Phi) is 5.30. The van der Waals surface area contributed by atoms with Gasteiger partial charge in [0.15, 0.2) is 0 Å². The summed E-state index contributed by atoms with van der Waals surface area (Å²) in [7, 11) is -1.90. The Morgan fingerprint density at radius 2 is 2.32 bits per heavy atom. The zero-order valence-electron chi connectivity index (χ0n) is 10.4. The van der Waals surface area contributed by atoms with E-state index >= 15 is 0 Å². The van der Waals surface area contributed by atoms with Crippen molar-refractivity contribution in [3.63, 3.8) is 0 Å². The van der Waals surface area contributed by atoms with Crippen LogP contribution in [0.5, 0.6) is 0 Å².